The largest absolute Gasteiger partial charge is 0.324 e. The Balaban J connectivity index is 2.20. The zero-order chi connectivity index (χ0) is 13.7. The van der Waals surface area contributed by atoms with E-state index >= 15 is 0 Å². The van der Waals surface area contributed by atoms with E-state index in [2.05, 4.69) is 22.2 Å². The molecule has 0 aliphatic rings. The predicted octanol–water partition coefficient (Wildman–Crippen LogP) is 2.26. The molecule has 2 rings (SSSR count). The first kappa shape index (κ1) is 13.2. The highest BCUT2D eigenvalue weighted by Gasteiger charge is 2.06. The molecule has 0 radical (unpaired) electrons. The number of nitrogens with zero attached hydrogens (tertiary/aromatic N) is 1. The molecule has 1 heterocycles. The van der Waals surface area contributed by atoms with Crippen molar-refractivity contribution in [2.24, 2.45) is 0 Å². The maximum Gasteiger partial charge on any atom is 0.238 e. The van der Waals surface area contributed by atoms with Crippen LogP contribution in [0.1, 0.15) is 5.69 Å². The third-order valence-corrected chi connectivity index (χ3v) is 2.69. The van der Waals surface area contributed by atoms with Gasteiger partial charge in [-0.3, -0.25) is 9.78 Å². The van der Waals surface area contributed by atoms with Crippen LogP contribution in [0.3, 0.4) is 0 Å². The zero-order valence-corrected chi connectivity index (χ0v) is 10.9. The van der Waals surface area contributed by atoms with E-state index in [4.69, 9.17) is 0 Å². The molecular formula is C15H17N3O. The van der Waals surface area contributed by atoms with E-state index in [1.807, 2.05) is 37.3 Å². The van der Waals surface area contributed by atoms with Gasteiger partial charge in [0.25, 0.3) is 0 Å². The first-order valence-corrected chi connectivity index (χ1v) is 6.18. The van der Waals surface area contributed by atoms with Crippen LogP contribution in [-0.4, -0.2) is 24.0 Å². The summed E-state index contributed by atoms with van der Waals surface area (Å²) in [5, 5.41) is 6.83. The Bertz CT molecular complexity index is 607. The summed E-state index contributed by atoms with van der Waals surface area (Å²) in [5.41, 5.74) is 2.57. The molecule has 2 aromatic rings. The van der Waals surface area contributed by atoms with Gasteiger partial charge in [-0.05, 0) is 19.1 Å². The molecule has 0 bridgehead atoms. The average Bonchev–Trinajstić information content (AvgIpc) is 2.39. The van der Waals surface area contributed by atoms with Gasteiger partial charge < -0.3 is 10.6 Å². The van der Waals surface area contributed by atoms with Gasteiger partial charge in [0, 0.05) is 17.6 Å². The van der Waals surface area contributed by atoms with Crippen molar-refractivity contribution < 1.29 is 4.79 Å². The number of aryl methyl sites for hydroxylation is 1. The van der Waals surface area contributed by atoms with Crippen LogP contribution >= 0.6 is 0 Å². The fourth-order valence-corrected chi connectivity index (χ4v) is 1.89. The summed E-state index contributed by atoms with van der Waals surface area (Å²) in [5.74, 6) is -0.0717. The van der Waals surface area contributed by atoms with E-state index in [-0.39, 0.29) is 12.5 Å². The van der Waals surface area contributed by atoms with E-state index in [1.54, 1.807) is 6.08 Å². The van der Waals surface area contributed by atoms with Gasteiger partial charge >= 0.3 is 0 Å². The molecule has 0 fully saturated rings. The van der Waals surface area contributed by atoms with Crippen molar-refractivity contribution in [2.45, 2.75) is 6.92 Å². The number of rotatable bonds is 5. The maximum absolute atomic E-state index is 11.8. The van der Waals surface area contributed by atoms with Crippen molar-refractivity contribution in [2.75, 3.05) is 18.4 Å². The summed E-state index contributed by atoms with van der Waals surface area (Å²) in [6.45, 7) is 6.39. The molecular weight excluding hydrogens is 238 g/mol. The van der Waals surface area contributed by atoms with Crippen LogP contribution in [0.2, 0.25) is 0 Å². The molecule has 19 heavy (non-hydrogen) atoms. The highest BCUT2D eigenvalue weighted by Crippen LogP contribution is 2.22. The van der Waals surface area contributed by atoms with Crippen LogP contribution < -0.4 is 10.6 Å². The van der Waals surface area contributed by atoms with Crippen molar-refractivity contribution >= 4 is 22.5 Å². The van der Waals surface area contributed by atoms with Gasteiger partial charge in [-0.25, -0.2) is 0 Å². The third-order valence-electron chi connectivity index (χ3n) is 2.69. The van der Waals surface area contributed by atoms with Crippen LogP contribution in [0.4, 0.5) is 5.69 Å². The molecule has 1 amide bonds. The molecule has 4 heteroatoms. The molecule has 0 saturated carbocycles. The normalized spacial score (nSPS) is 10.4. The second-order valence-electron chi connectivity index (χ2n) is 4.30. The molecule has 1 aromatic carbocycles. The van der Waals surface area contributed by atoms with Gasteiger partial charge in [-0.1, -0.05) is 24.3 Å². The van der Waals surface area contributed by atoms with Gasteiger partial charge in [0.15, 0.2) is 0 Å². The number of carbonyl (C=O) groups excluding carboxylic acids is 1. The van der Waals surface area contributed by atoms with E-state index in [1.165, 1.54) is 0 Å². The van der Waals surface area contributed by atoms with Crippen LogP contribution in [-0.2, 0) is 4.79 Å². The van der Waals surface area contributed by atoms with E-state index in [0.29, 0.717) is 6.54 Å². The fourth-order valence-electron chi connectivity index (χ4n) is 1.89. The van der Waals surface area contributed by atoms with Crippen molar-refractivity contribution in [3.63, 3.8) is 0 Å². The molecule has 0 spiro atoms. The number of amides is 1. The Morgan fingerprint density at radius 2 is 2.21 bits per heavy atom. The summed E-state index contributed by atoms with van der Waals surface area (Å²) in [6, 6.07) is 9.65. The van der Waals surface area contributed by atoms with Gasteiger partial charge in [0.2, 0.25) is 5.91 Å². The molecule has 4 nitrogen and oxygen atoms in total. The third kappa shape index (κ3) is 3.39. The number of nitrogens with one attached hydrogen (secondary N) is 2. The molecule has 0 aliphatic carbocycles. The molecule has 98 valence electrons. The number of pyridine rings is 1. The zero-order valence-electron chi connectivity index (χ0n) is 10.9. The lowest BCUT2D eigenvalue weighted by Gasteiger charge is -2.09. The van der Waals surface area contributed by atoms with Gasteiger partial charge in [-0.15, -0.1) is 6.58 Å². The standard InChI is InChI=1S/C15H17N3O/c1-3-8-16-10-15(19)18-14-9-11(2)17-13-7-5-4-6-12(13)14/h3-7,9,16H,1,8,10H2,2H3,(H,17,18,19). The summed E-state index contributed by atoms with van der Waals surface area (Å²) in [6.07, 6.45) is 1.72. The SMILES string of the molecule is C=CCNCC(=O)Nc1cc(C)nc2ccccc12. The lowest BCUT2D eigenvalue weighted by molar-refractivity contribution is -0.115. The number of carbonyl (C=O) groups is 1. The minimum Gasteiger partial charge on any atom is -0.324 e. The molecule has 0 atom stereocenters. The summed E-state index contributed by atoms with van der Waals surface area (Å²) >= 11 is 0. The topological polar surface area (TPSA) is 54.0 Å². The monoisotopic (exact) mass is 255 g/mol. The second kappa shape index (κ2) is 6.11. The second-order valence-corrected chi connectivity index (χ2v) is 4.30. The lowest BCUT2D eigenvalue weighted by atomic mass is 10.1. The number of fused-ring (bicyclic) bond motifs is 1. The maximum atomic E-state index is 11.8. The minimum atomic E-state index is -0.0717. The first-order chi connectivity index (χ1) is 9.20. The van der Waals surface area contributed by atoms with E-state index in [0.717, 1.165) is 22.3 Å². The lowest BCUT2D eigenvalue weighted by Crippen LogP contribution is -2.28. The summed E-state index contributed by atoms with van der Waals surface area (Å²) in [7, 11) is 0. The number of benzene rings is 1. The highest BCUT2D eigenvalue weighted by molar-refractivity contribution is 6.01. The van der Waals surface area contributed by atoms with Crippen molar-refractivity contribution in [1.82, 2.24) is 10.3 Å². The van der Waals surface area contributed by atoms with Crippen LogP contribution in [0.15, 0.2) is 43.0 Å². The number of hydrogen-bond acceptors (Lipinski definition) is 3. The Labute approximate surface area is 112 Å². The van der Waals surface area contributed by atoms with Crippen LogP contribution in [0.5, 0.6) is 0 Å². The minimum absolute atomic E-state index is 0.0717. The Kier molecular flexibility index (Phi) is 4.26. The van der Waals surface area contributed by atoms with Crippen molar-refractivity contribution in [3.8, 4) is 0 Å². The van der Waals surface area contributed by atoms with Gasteiger partial charge in [0.1, 0.15) is 0 Å². The summed E-state index contributed by atoms with van der Waals surface area (Å²) in [4.78, 5) is 16.3. The summed E-state index contributed by atoms with van der Waals surface area (Å²) < 4.78 is 0. The highest BCUT2D eigenvalue weighted by atomic mass is 16.1. The van der Waals surface area contributed by atoms with E-state index < -0.39 is 0 Å². The number of anilines is 1. The van der Waals surface area contributed by atoms with E-state index in [9.17, 15) is 4.79 Å². The predicted molar refractivity (Wildman–Crippen MR) is 78.2 cm³/mol. The Morgan fingerprint density at radius 3 is 3.00 bits per heavy atom. The molecule has 1 aromatic heterocycles. The van der Waals surface area contributed by atoms with Crippen LogP contribution in [0.25, 0.3) is 10.9 Å². The Morgan fingerprint density at radius 1 is 1.42 bits per heavy atom. The number of aromatic nitrogens is 1. The average molecular weight is 255 g/mol. The quantitative estimate of drug-likeness (QED) is 0.636. The number of para-hydroxylation sites is 1. The van der Waals surface area contributed by atoms with Gasteiger partial charge in [0.05, 0.1) is 17.7 Å². The number of hydrogen-bond donors (Lipinski definition) is 2. The molecule has 0 aliphatic heterocycles. The van der Waals surface area contributed by atoms with Crippen molar-refractivity contribution in [1.29, 1.82) is 0 Å². The van der Waals surface area contributed by atoms with Crippen molar-refractivity contribution in [3.05, 3.63) is 48.7 Å². The molecule has 0 saturated heterocycles. The van der Waals surface area contributed by atoms with Gasteiger partial charge in [-0.2, -0.15) is 0 Å². The smallest absolute Gasteiger partial charge is 0.238 e. The molecule has 2 N–H and O–H groups in total. The first-order valence-electron chi connectivity index (χ1n) is 6.18. The van der Waals surface area contributed by atoms with Crippen LogP contribution in [0, 0.1) is 6.92 Å². The Hall–Kier alpha value is -2.20. The molecule has 0 unspecified atom stereocenters. The fraction of sp³-hybridized carbons (Fsp3) is 0.200.